The molecule has 0 amide bonds. The minimum Gasteiger partial charge on any atom is -0.396 e. The monoisotopic (exact) mass is 336 g/mol. The molecule has 0 aromatic carbocycles. The van der Waals surface area contributed by atoms with Crippen molar-refractivity contribution in [2.45, 2.75) is 32.0 Å². The van der Waals surface area contributed by atoms with E-state index in [2.05, 4.69) is 28.6 Å². The molecule has 2 aliphatic rings. The highest BCUT2D eigenvalue weighted by atomic mass is 35.5. The van der Waals surface area contributed by atoms with Gasteiger partial charge in [0.05, 0.1) is 17.9 Å². The summed E-state index contributed by atoms with van der Waals surface area (Å²) in [6, 6.07) is 1.82. The number of rotatable bonds is 2. The molecule has 1 aromatic rings. The summed E-state index contributed by atoms with van der Waals surface area (Å²) in [6.45, 7) is 4.35. The number of piperidine rings is 1. The van der Waals surface area contributed by atoms with Gasteiger partial charge in [-0.05, 0) is 18.3 Å². The van der Waals surface area contributed by atoms with Crippen LogP contribution in [-0.4, -0.2) is 53.7 Å². The minimum absolute atomic E-state index is 0.0109. The molecule has 124 valence electrons. The van der Waals surface area contributed by atoms with Crippen LogP contribution >= 0.6 is 11.6 Å². The first-order valence-electron chi connectivity index (χ1n) is 7.83. The summed E-state index contributed by atoms with van der Waals surface area (Å²) in [7, 11) is 0. The van der Waals surface area contributed by atoms with Gasteiger partial charge in [0.1, 0.15) is 17.4 Å². The Bertz CT molecular complexity index is 632. The Morgan fingerprint density at radius 3 is 2.78 bits per heavy atom. The van der Waals surface area contributed by atoms with Gasteiger partial charge in [0, 0.05) is 32.0 Å². The number of hydrogen-bond donors (Lipinski definition) is 2. The number of aromatic nitrogens is 1. The molecule has 0 bridgehead atoms. The van der Waals surface area contributed by atoms with Gasteiger partial charge in [-0.3, -0.25) is 0 Å². The first-order chi connectivity index (χ1) is 11.0. The molecule has 0 aliphatic carbocycles. The predicted molar refractivity (Wildman–Crippen MR) is 88.5 cm³/mol. The lowest BCUT2D eigenvalue weighted by molar-refractivity contribution is -0.132. The van der Waals surface area contributed by atoms with Gasteiger partial charge in [0.25, 0.3) is 0 Å². The molecule has 2 fully saturated rings. The number of hydrogen-bond acceptors (Lipinski definition) is 5. The highest BCUT2D eigenvalue weighted by Crippen LogP contribution is 2.34. The predicted octanol–water partition coefficient (Wildman–Crippen LogP) is 1.44. The summed E-state index contributed by atoms with van der Waals surface area (Å²) in [5.41, 5.74) is 1.72. The SMILES string of the molecule is CC1(CO)CCN(c2cc(Cl)ncc2C#CC2OCC2O)CC1. The number of pyridine rings is 1. The molecular formula is C17H21ClN2O3. The van der Waals surface area contributed by atoms with Gasteiger partial charge in [-0.15, -0.1) is 0 Å². The molecule has 2 unspecified atom stereocenters. The fraction of sp³-hybridized carbons (Fsp3) is 0.588. The van der Waals surface area contributed by atoms with Crippen molar-refractivity contribution < 1.29 is 14.9 Å². The zero-order valence-corrected chi connectivity index (χ0v) is 13.9. The maximum atomic E-state index is 9.53. The van der Waals surface area contributed by atoms with Crippen molar-refractivity contribution in [3.63, 3.8) is 0 Å². The maximum Gasteiger partial charge on any atom is 0.146 e. The Morgan fingerprint density at radius 1 is 1.48 bits per heavy atom. The normalized spacial score (nSPS) is 26.2. The van der Waals surface area contributed by atoms with E-state index in [1.165, 1.54) is 0 Å². The standard InChI is InChI=1S/C17H21ClN2O3/c1-17(11-21)4-6-20(7-5-17)13-8-16(18)19-9-12(13)2-3-15-14(22)10-23-15/h8-9,14-15,21-22H,4-7,10-11H2,1H3. The fourth-order valence-corrected chi connectivity index (χ4v) is 2.94. The highest BCUT2D eigenvalue weighted by molar-refractivity contribution is 6.29. The van der Waals surface area contributed by atoms with E-state index in [1.54, 1.807) is 6.20 Å². The van der Waals surface area contributed by atoms with Crippen LogP contribution in [0.25, 0.3) is 0 Å². The molecule has 3 heterocycles. The first-order valence-corrected chi connectivity index (χ1v) is 8.21. The molecule has 6 heteroatoms. The van der Waals surface area contributed by atoms with Crippen LogP contribution in [0.15, 0.2) is 12.3 Å². The highest BCUT2D eigenvalue weighted by Gasteiger charge is 2.30. The second-order valence-corrected chi connectivity index (χ2v) is 6.96. The van der Waals surface area contributed by atoms with Gasteiger partial charge in [0.2, 0.25) is 0 Å². The van der Waals surface area contributed by atoms with E-state index in [0.29, 0.717) is 11.8 Å². The van der Waals surface area contributed by atoms with Gasteiger partial charge in [-0.25, -0.2) is 4.98 Å². The van der Waals surface area contributed by atoms with Crippen molar-refractivity contribution in [2.24, 2.45) is 5.41 Å². The largest absolute Gasteiger partial charge is 0.396 e. The minimum atomic E-state index is -0.508. The lowest BCUT2D eigenvalue weighted by atomic mass is 9.81. The number of aliphatic hydroxyl groups excluding tert-OH is 2. The van der Waals surface area contributed by atoms with Gasteiger partial charge in [-0.1, -0.05) is 30.4 Å². The molecule has 2 atom stereocenters. The summed E-state index contributed by atoms with van der Waals surface area (Å²) in [5.74, 6) is 6.00. The Hall–Kier alpha value is -1.32. The van der Waals surface area contributed by atoms with Crippen molar-refractivity contribution in [1.82, 2.24) is 4.98 Å². The average molecular weight is 337 g/mol. The molecule has 3 rings (SSSR count). The average Bonchev–Trinajstić information content (AvgIpc) is 2.55. The van der Waals surface area contributed by atoms with Crippen LogP contribution in [0.3, 0.4) is 0 Å². The number of aliphatic hydroxyl groups is 2. The second-order valence-electron chi connectivity index (χ2n) is 6.57. The van der Waals surface area contributed by atoms with E-state index in [1.807, 2.05) is 6.07 Å². The Kier molecular flexibility index (Phi) is 4.79. The third-order valence-electron chi connectivity index (χ3n) is 4.69. The van der Waals surface area contributed by atoms with Crippen LogP contribution in [0.1, 0.15) is 25.3 Å². The van der Waals surface area contributed by atoms with Crippen LogP contribution in [-0.2, 0) is 4.74 Å². The summed E-state index contributed by atoms with van der Waals surface area (Å²) < 4.78 is 5.20. The van der Waals surface area contributed by atoms with Crippen LogP contribution < -0.4 is 4.90 Å². The third-order valence-corrected chi connectivity index (χ3v) is 4.89. The van der Waals surface area contributed by atoms with E-state index in [9.17, 15) is 10.2 Å². The molecule has 5 nitrogen and oxygen atoms in total. The van der Waals surface area contributed by atoms with Crippen molar-refractivity contribution in [2.75, 3.05) is 31.2 Å². The molecule has 2 aliphatic heterocycles. The summed E-state index contributed by atoms with van der Waals surface area (Å²) >= 11 is 6.05. The zero-order chi connectivity index (χ0) is 16.4. The Balaban J connectivity index is 1.80. The quantitative estimate of drug-likeness (QED) is 0.632. The molecule has 0 saturated carbocycles. The molecule has 2 N–H and O–H groups in total. The van der Waals surface area contributed by atoms with Crippen molar-refractivity contribution in [3.05, 3.63) is 23.0 Å². The van der Waals surface area contributed by atoms with E-state index < -0.39 is 12.2 Å². The number of halogens is 1. The summed E-state index contributed by atoms with van der Waals surface area (Å²) in [6.07, 6.45) is 2.57. The van der Waals surface area contributed by atoms with Crippen LogP contribution in [0.2, 0.25) is 5.15 Å². The van der Waals surface area contributed by atoms with Gasteiger partial charge in [-0.2, -0.15) is 0 Å². The van der Waals surface area contributed by atoms with Gasteiger partial charge < -0.3 is 19.8 Å². The number of anilines is 1. The lowest BCUT2D eigenvalue weighted by Crippen LogP contribution is -2.43. The number of nitrogens with zero attached hydrogens (tertiary/aromatic N) is 2. The zero-order valence-electron chi connectivity index (χ0n) is 13.1. The van der Waals surface area contributed by atoms with E-state index in [0.717, 1.165) is 37.2 Å². The summed E-state index contributed by atoms with van der Waals surface area (Å²) in [5, 5.41) is 19.5. The maximum absolute atomic E-state index is 9.53. The number of ether oxygens (including phenoxy) is 1. The smallest absolute Gasteiger partial charge is 0.146 e. The molecule has 2 saturated heterocycles. The Labute approximate surface area is 141 Å². The van der Waals surface area contributed by atoms with Crippen molar-refractivity contribution in [3.8, 4) is 11.8 Å². The summed E-state index contributed by atoms with van der Waals surface area (Å²) in [4.78, 5) is 6.34. The fourth-order valence-electron chi connectivity index (χ4n) is 2.79. The van der Waals surface area contributed by atoms with Crippen molar-refractivity contribution in [1.29, 1.82) is 0 Å². The lowest BCUT2D eigenvalue weighted by Gasteiger charge is -2.39. The van der Waals surface area contributed by atoms with Crippen LogP contribution in [0.4, 0.5) is 5.69 Å². The second kappa shape index (κ2) is 6.66. The molecule has 0 spiro atoms. The van der Waals surface area contributed by atoms with E-state index in [-0.39, 0.29) is 12.0 Å². The van der Waals surface area contributed by atoms with Crippen molar-refractivity contribution >= 4 is 17.3 Å². The third kappa shape index (κ3) is 3.61. The molecule has 1 aromatic heterocycles. The topological polar surface area (TPSA) is 65.8 Å². The van der Waals surface area contributed by atoms with Gasteiger partial charge >= 0.3 is 0 Å². The van der Waals surface area contributed by atoms with Crippen LogP contribution in [0.5, 0.6) is 0 Å². The van der Waals surface area contributed by atoms with E-state index in [4.69, 9.17) is 16.3 Å². The van der Waals surface area contributed by atoms with E-state index >= 15 is 0 Å². The van der Waals surface area contributed by atoms with Gasteiger partial charge in [0.15, 0.2) is 0 Å². The molecular weight excluding hydrogens is 316 g/mol. The molecule has 0 radical (unpaired) electrons. The molecule has 23 heavy (non-hydrogen) atoms. The Morgan fingerprint density at radius 2 is 2.22 bits per heavy atom. The first kappa shape index (κ1) is 16.5. The van der Waals surface area contributed by atoms with Crippen LogP contribution in [0, 0.1) is 17.3 Å².